The number of hydrogen-bond donors (Lipinski definition) is 1. The quantitative estimate of drug-likeness (QED) is 0.238. The number of carbonyl (C=O) groups is 2. The Morgan fingerprint density at radius 2 is 1.91 bits per heavy atom. The molecule has 0 spiro atoms. The van der Waals surface area contributed by atoms with Gasteiger partial charge in [0.15, 0.2) is 21.7 Å². The molecule has 32 heavy (non-hydrogen) atoms. The molecule has 10 heteroatoms. The maximum absolute atomic E-state index is 12.5. The number of amides is 1. The summed E-state index contributed by atoms with van der Waals surface area (Å²) in [5.41, 5.74) is 3.48. The van der Waals surface area contributed by atoms with E-state index in [2.05, 4.69) is 15.5 Å². The van der Waals surface area contributed by atoms with Gasteiger partial charge in [-0.15, -0.1) is 21.5 Å². The molecule has 3 aromatic heterocycles. The SMILES string of the molecule is CSc1nc2sc3c(c2c2nnc(SCC(=O)Nc4ccc(C(C)=O)cc4)n12)CCCC3. The Hall–Kier alpha value is -2.43. The molecule has 0 atom stereocenters. The highest BCUT2D eigenvalue weighted by Crippen LogP contribution is 2.39. The minimum absolute atomic E-state index is 0.00341. The van der Waals surface area contributed by atoms with Crippen LogP contribution in [0.3, 0.4) is 0 Å². The van der Waals surface area contributed by atoms with Crippen LogP contribution in [0, 0.1) is 0 Å². The molecule has 3 heterocycles. The summed E-state index contributed by atoms with van der Waals surface area (Å²) in [5.74, 6) is 0.0503. The number of thiophene rings is 1. The lowest BCUT2D eigenvalue weighted by atomic mass is 9.97. The van der Waals surface area contributed by atoms with E-state index in [9.17, 15) is 9.59 Å². The number of nitrogens with one attached hydrogen (secondary N) is 1. The van der Waals surface area contributed by atoms with Crippen molar-refractivity contribution in [1.82, 2.24) is 19.6 Å². The van der Waals surface area contributed by atoms with Gasteiger partial charge in [0, 0.05) is 16.1 Å². The molecule has 7 nitrogen and oxygen atoms in total. The zero-order valence-corrected chi connectivity index (χ0v) is 20.1. The van der Waals surface area contributed by atoms with Crippen LogP contribution in [0.5, 0.6) is 0 Å². The third kappa shape index (κ3) is 3.91. The number of fused-ring (bicyclic) bond motifs is 5. The first-order chi connectivity index (χ1) is 15.5. The largest absolute Gasteiger partial charge is 0.325 e. The molecule has 0 saturated carbocycles. The Bertz CT molecular complexity index is 1340. The number of aryl methyl sites for hydroxylation is 2. The fourth-order valence-electron chi connectivity index (χ4n) is 3.95. The summed E-state index contributed by atoms with van der Waals surface area (Å²) < 4.78 is 1.98. The highest BCUT2D eigenvalue weighted by molar-refractivity contribution is 8.00. The highest BCUT2D eigenvalue weighted by atomic mass is 32.2. The van der Waals surface area contributed by atoms with Gasteiger partial charge in [0.1, 0.15) is 4.83 Å². The van der Waals surface area contributed by atoms with Crippen molar-refractivity contribution in [2.24, 2.45) is 0 Å². The molecular formula is C22H21N5O2S3. The molecule has 164 valence electrons. The van der Waals surface area contributed by atoms with Crippen LogP contribution in [0.2, 0.25) is 0 Å². The Kier molecular flexibility index (Phi) is 5.92. The summed E-state index contributed by atoms with van der Waals surface area (Å²) in [4.78, 5) is 31.3. The molecule has 1 aliphatic rings. The number of rotatable bonds is 6. The lowest BCUT2D eigenvalue weighted by Crippen LogP contribution is -2.14. The van der Waals surface area contributed by atoms with E-state index in [1.165, 1.54) is 42.0 Å². The number of thioether (sulfide) groups is 2. The van der Waals surface area contributed by atoms with E-state index >= 15 is 0 Å². The fourth-order valence-corrected chi connectivity index (χ4v) is 6.59. The monoisotopic (exact) mass is 483 g/mol. The number of carbonyl (C=O) groups excluding carboxylic acids is 2. The lowest BCUT2D eigenvalue weighted by Gasteiger charge is -2.10. The van der Waals surface area contributed by atoms with Crippen molar-refractivity contribution in [1.29, 1.82) is 0 Å². The maximum atomic E-state index is 12.5. The van der Waals surface area contributed by atoms with Crippen molar-refractivity contribution >= 4 is 68.1 Å². The topological polar surface area (TPSA) is 89.2 Å². The van der Waals surface area contributed by atoms with Crippen LogP contribution in [0.1, 0.15) is 40.6 Å². The summed E-state index contributed by atoms with van der Waals surface area (Å²) in [5, 5.41) is 14.4. The first-order valence-corrected chi connectivity index (χ1v) is 13.3. The van der Waals surface area contributed by atoms with Gasteiger partial charge in [-0.25, -0.2) is 9.38 Å². The van der Waals surface area contributed by atoms with Crippen molar-refractivity contribution in [3.63, 3.8) is 0 Å². The number of aromatic nitrogens is 4. The van der Waals surface area contributed by atoms with E-state index in [4.69, 9.17) is 4.98 Å². The number of Topliss-reactive ketones (excluding diaryl/α,β-unsaturated/α-hetero) is 1. The van der Waals surface area contributed by atoms with Crippen molar-refractivity contribution < 1.29 is 9.59 Å². The van der Waals surface area contributed by atoms with Crippen molar-refractivity contribution in [2.45, 2.75) is 42.9 Å². The van der Waals surface area contributed by atoms with Gasteiger partial charge in [0.05, 0.1) is 11.1 Å². The maximum Gasteiger partial charge on any atom is 0.234 e. The van der Waals surface area contributed by atoms with Crippen LogP contribution >= 0.6 is 34.9 Å². The van der Waals surface area contributed by atoms with Gasteiger partial charge in [-0.1, -0.05) is 23.5 Å². The summed E-state index contributed by atoms with van der Waals surface area (Å²) in [6.45, 7) is 1.52. The number of ketones is 1. The van der Waals surface area contributed by atoms with E-state index in [-0.39, 0.29) is 17.4 Å². The smallest absolute Gasteiger partial charge is 0.234 e. The van der Waals surface area contributed by atoms with Gasteiger partial charge < -0.3 is 5.32 Å². The molecule has 5 rings (SSSR count). The van der Waals surface area contributed by atoms with Crippen molar-refractivity contribution in [2.75, 3.05) is 17.3 Å². The zero-order valence-electron chi connectivity index (χ0n) is 17.7. The molecule has 0 unspecified atom stereocenters. The number of benzene rings is 1. The van der Waals surface area contributed by atoms with Gasteiger partial charge in [-0.05, 0) is 68.7 Å². The predicted molar refractivity (Wildman–Crippen MR) is 130 cm³/mol. The van der Waals surface area contributed by atoms with E-state index in [0.29, 0.717) is 16.4 Å². The molecule has 0 bridgehead atoms. The average molecular weight is 484 g/mol. The Morgan fingerprint density at radius 3 is 2.66 bits per heavy atom. The lowest BCUT2D eigenvalue weighted by molar-refractivity contribution is -0.113. The van der Waals surface area contributed by atoms with Crippen LogP contribution in [0.15, 0.2) is 34.6 Å². The molecule has 0 radical (unpaired) electrons. The first-order valence-electron chi connectivity index (χ1n) is 10.3. The minimum atomic E-state index is -0.144. The van der Waals surface area contributed by atoms with Crippen LogP contribution in [0.25, 0.3) is 15.9 Å². The zero-order chi connectivity index (χ0) is 22.2. The molecule has 1 amide bonds. The van der Waals surface area contributed by atoms with Crippen LogP contribution in [-0.4, -0.2) is 43.3 Å². The van der Waals surface area contributed by atoms with E-state index in [0.717, 1.165) is 33.9 Å². The van der Waals surface area contributed by atoms with Crippen molar-refractivity contribution in [3.05, 3.63) is 40.3 Å². The van der Waals surface area contributed by atoms with Gasteiger partial charge in [0.25, 0.3) is 0 Å². The molecule has 4 aromatic rings. The first kappa shape index (κ1) is 21.4. The molecule has 1 aliphatic carbocycles. The summed E-state index contributed by atoms with van der Waals surface area (Å²) >= 11 is 4.68. The van der Waals surface area contributed by atoms with Gasteiger partial charge >= 0.3 is 0 Å². The molecule has 0 saturated heterocycles. The number of anilines is 1. The Labute approximate surface area is 197 Å². The highest BCUT2D eigenvalue weighted by Gasteiger charge is 2.23. The molecular weight excluding hydrogens is 462 g/mol. The fraction of sp³-hybridized carbons (Fsp3) is 0.318. The van der Waals surface area contributed by atoms with E-state index in [1.807, 2.05) is 10.7 Å². The van der Waals surface area contributed by atoms with Crippen LogP contribution in [0.4, 0.5) is 5.69 Å². The molecule has 1 N–H and O–H groups in total. The third-order valence-corrected chi connectivity index (χ3v) is 8.24. The molecule has 0 aliphatic heterocycles. The Balaban J connectivity index is 1.39. The van der Waals surface area contributed by atoms with Crippen LogP contribution < -0.4 is 5.32 Å². The van der Waals surface area contributed by atoms with E-state index in [1.54, 1.807) is 47.4 Å². The summed E-state index contributed by atoms with van der Waals surface area (Å²) in [7, 11) is 0. The number of nitrogens with zero attached hydrogens (tertiary/aromatic N) is 4. The molecule has 0 fully saturated rings. The minimum Gasteiger partial charge on any atom is -0.325 e. The Morgan fingerprint density at radius 1 is 1.12 bits per heavy atom. The third-order valence-electron chi connectivity index (χ3n) is 5.49. The predicted octanol–water partition coefficient (Wildman–Crippen LogP) is 4.87. The van der Waals surface area contributed by atoms with Gasteiger partial charge in [-0.3, -0.25) is 9.59 Å². The van der Waals surface area contributed by atoms with E-state index < -0.39 is 0 Å². The number of hydrogen-bond acceptors (Lipinski definition) is 8. The second kappa shape index (κ2) is 8.84. The second-order valence-corrected chi connectivity index (χ2v) is 10.4. The second-order valence-electron chi connectivity index (χ2n) is 7.60. The van der Waals surface area contributed by atoms with Crippen molar-refractivity contribution in [3.8, 4) is 0 Å². The van der Waals surface area contributed by atoms with Gasteiger partial charge in [0.2, 0.25) is 5.91 Å². The van der Waals surface area contributed by atoms with Crippen LogP contribution in [-0.2, 0) is 17.6 Å². The molecule has 1 aromatic carbocycles. The standard InChI is InChI=1S/C22H21N5O2S3/c1-12(28)13-7-9-14(10-8-13)23-17(29)11-31-22-26-25-19-18-15-5-3-4-6-16(15)32-20(18)24-21(30-2)27(19)22/h7-10H,3-6,11H2,1-2H3,(H,23,29). The normalized spacial score (nSPS) is 13.4. The van der Waals surface area contributed by atoms with Gasteiger partial charge in [-0.2, -0.15) is 0 Å². The average Bonchev–Trinajstić information content (AvgIpc) is 3.38. The summed E-state index contributed by atoms with van der Waals surface area (Å²) in [6, 6.07) is 6.89. The summed E-state index contributed by atoms with van der Waals surface area (Å²) in [6.07, 6.45) is 6.59.